The van der Waals surface area contributed by atoms with E-state index in [-0.39, 0.29) is 4.90 Å². The predicted molar refractivity (Wildman–Crippen MR) is 89.0 cm³/mol. The van der Waals surface area contributed by atoms with Crippen molar-refractivity contribution in [3.05, 3.63) is 30.7 Å². The molecule has 0 aliphatic carbocycles. The molecule has 0 amide bonds. The third-order valence-electron chi connectivity index (χ3n) is 3.96. The van der Waals surface area contributed by atoms with Crippen molar-refractivity contribution in [3.63, 3.8) is 0 Å². The zero-order valence-electron chi connectivity index (χ0n) is 13.5. The van der Waals surface area contributed by atoms with Gasteiger partial charge >= 0.3 is 0 Å². The van der Waals surface area contributed by atoms with Gasteiger partial charge < -0.3 is 10.2 Å². The number of pyridine rings is 1. The summed E-state index contributed by atoms with van der Waals surface area (Å²) in [4.78, 5) is 6.55. The van der Waals surface area contributed by atoms with Crippen molar-refractivity contribution in [2.75, 3.05) is 45.1 Å². The largest absolute Gasteiger partial charge is 0.368 e. The second-order valence-corrected chi connectivity index (χ2v) is 7.62. The van der Waals surface area contributed by atoms with Crippen molar-refractivity contribution in [3.8, 4) is 0 Å². The number of hydrogen-bond donors (Lipinski definition) is 1. The Morgan fingerprint density at radius 3 is 2.62 bits per heavy atom. The van der Waals surface area contributed by atoms with Gasteiger partial charge in [0.2, 0.25) is 10.0 Å². The van der Waals surface area contributed by atoms with Crippen molar-refractivity contribution in [1.82, 2.24) is 29.2 Å². The first-order valence-electron chi connectivity index (χ1n) is 7.78. The fraction of sp³-hybridized carbons (Fsp3) is 0.500. The van der Waals surface area contributed by atoms with Crippen molar-refractivity contribution >= 4 is 15.8 Å². The number of aromatic nitrogens is 4. The zero-order valence-corrected chi connectivity index (χ0v) is 14.4. The molecule has 1 saturated heterocycles. The molecule has 10 heteroatoms. The van der Waals surface area contributed by atoms with Crippen LogP contribution in [0.4, 0.5) is 5.82 Å². The summed E-state index contributed by atoms with van der Waals surface area (Å²) < 4.78 is 28.4. The van der Waals surface area contributed by atoms with E-state index in [1.54, 1.807) is 29.2 Å². The SMILES string of the molecule is CN1CCN(S(=O)(=O)c2ccc(NCCn3ccnn3)nc2)CC1. The minimum Gasteiger partial charge on any atom is -0.368 e. The minimum absolute atomic E-state index is 0.230. The van der Waals surface area contributed by atoms with Crippen LogP contribution in [0.25, 0.3) is 0 Å². The van der Waals surface area contributed by atoms with E-state index in [9.17, 15) is 8.42 Å². The third kappa shape index (κ3) is 3.89. The molecule has 2 aromatic heterocycles. The second kappa shape index (κ2) is 7.24. The minimum atomic E-state index is -3.46. The summed E-state index contributed by atoms with van der Waals surface area (Å²) in [5, 5.41) is 10.7. The molecule has 0 unspecified atom stereocenters. The standard InChI is InChI=1S/C14H21N7O2S/c1-19-8-10-21(11-9-19)24(22,23)13-2-3-14(16-12-13)15-4-6-20-7-5-17-18-20/h2-3,5,7,12H,4,6,8-11H2,1H3,(H,15,16). The Kier molecular flexibility index (Phi) is 5.07. The van der Waals surface area contributed by atoms with Crippen LogP contribution in [0.5, 0.6) is 0 Å². The maximum Gasteiger partial charge on any atom is 0.244 e. The predicted octanol–water partition coefficient (Wildman–Crippen LogP) is -0.279. The van der Waals surface area contributed by atoms with Crippen LogP contribution < -0.4 is 5.32 Å². The highest BCUT2D eigenvalue weighted by molar-refractivity contribution is 7.89. The van der Waals surface area contributed by atoms with Gasteiger partial charge in [0.05, 0.1) is 12.7 Å². The highest BCUT2D eigenvalue weighted by atomic mass is 32.2. The summed E-state index contributed by atoms with van der Waals surface area (Å²) in [5.74, 6) is 0.632. The van der Waals surface area contributed by atoms with Crippen LogP contribution in [0.1, 0.15) is 0 Å². The number of rotatable bonds is 6. The highest BCUT2D eigenvalue weighted by Gasteiger charge is 2.27. The van der Waals surface area contributed by atoms with E-state index in [2.05, 4.69) is 25.5 Å². The van der Waals surface area contributed by atoms with Crippen molar-refractivity contribution in [1.29, 1.82) is 0 Å². The number of nitrogens with one attached hydrogen (secondary N) is 1. The lowest BCUT2D eigenvalue weighted by atomic mass is 10.4. The van der Waals surface area contributed by atoms with Crippen molar-refractivity contribution < 1.29 is 8.42 Å². The normalized spacial score (nSPS) is 17.0. The summed E-state index contributed by atoms with van der Waals surface area (Å²) in [6.45, 7) is 3.79. The maximum atomic E-state index is 12.6. The molecule has 2 aromatic rings. The number of likely N-dealkylation sites (N-methyl/N-ethyl adjacent to an activating group) is 1. The molecular formula is C14H21N7O2S. The second-order valence-electron chi connectivity index (χ2n) is 5.68. The molecule has 1 fully saturated rings. The van der Waals surface area contributed by atoms with Gasteiger partial charge in [-0.3, -0.25) is 4.68 Å². The molecule has 130 valence electrons. The van der Waals surface area contributed by atoms with Crippen LogP contribution in [0.3, 0.4) is 0 Å². The molecule has 0 bridgehead atoms. The van der Waals surface area contributed by atoms with Gasteiger partial charge in [-0.15, -0.1) is 5.10 Å². The molecule has 0 spiro atoms. The summed E-state index contributed by atoms with van der Waals surface area (Å²) in [6, 6.07) is 3.28. The Balaban J connectivity index is 1.59. The van der Waals surface area contributed by atoms with Crippen LogP contribution in [0.2, 0.25) is 0 Å². The van der Waals surface area contributed by atoms with Crippen LogP contribution >= 0.6 is 0 Å². The summed E-state index contributed by atoms with van der Waals surface area (Å²) in [5.41, 5.74) is 0. The average molecular weight is 351 g/mol. The smallest absolute Gasteiger partial charge is 0.244 e. The Morgan fingerprint density at radius 2 is 2.00 bits per heavy atom. The van der Waals surface area contributed by atoms with E-state index in [4.69, 9.17) is 0 Å². The number of nitrogens with zero attached hydrogens (tertiary/aromatic N) is 6. The lowest BCUT2D eigenvalue weighted by Gasteiger charge is -2.31. The number of hydrogen-bond acceptors (Lipinski definition) is 7. The molecule has 0 saturated carbocycles. The van der Waals surface area contributed by atoms with Gasteiger partial charge in [0, 0.05) is 45.1 Å². The quantitative estimate of drug-likeness (QED) is 0.765. The lowest BCUT2D eigenvalue weighted by molar-refractivity contribution is 0.222. The van der Waals surface area contributed by atoms with Crippen LogP contribution in [-0.2, 0) is 16.6 Å². The molecular weight excluding hydrogens is 330 g/mol. The van der Waals surface area contributed by atoms with Gasteiger partial charge in [0.25, 0.3) is 0 Å². The van der Waals surface area contributed by atoms with E-state index < -0.39 is 10.0 Å². The van der Waals surface area contributed by atoms with Gasteiger partial charge in [0.1, 0.15) is 10.7 Å². The highest BCUT2D eigenvalue weighted by Crippen LogP contribution is 2.17. The number of sulfonamides is 1. The van der Waals surface area contributed by atoms with E-state index >= 15 is 0 Å². The van der Waals surface area contributed by atoms with Crippen molar-refractivity contribution in [2.45, 2.75) is 11.4 Å². The first kappa shape index (κ1) is 16.8. The number of piperazine rings is 1. The summed E-state index contributed by atoms with van der Waals surface area (Å²) >= 11 is 0. The lowest BCUT2D eigenvalue weighted by Crippen LogP contribution is -2.47. The maximum absolute atomic E-state index is 12.6. The summed E-state index contributed by atoms with van der Waals surface area (Å²) in [7, 11) is -1.47. The van der Waals surface area contributed by atoms with Gasteiger partial charge in [-0.2, -0.15) is 4.31 Å². The fourth-order valence-corrected chi connectivity index (χ4v) is 3.83. The number of anilines is 1. The Bertz CT molecular complexity index is 738. The van der Waals surface area contributed by atoms with Crippen LogP contribution in [0, 0.1) is 0 Å². The molecule has 24 heavy (non-hydrogen) atoms. The molecule has 1 aliphatic rings. The van der Waals surface area contributed by atoms with Gasteiger partial charge in [-0.25, -0.2) is 13.4 Å². The van der Waals surface area contributed by atoms with Crippen molar-refractivity contribution in [2.24, 2.45) is 0 Å². The van der Waals surface area contributed by atoms with Crippen LogP contribution in [0.15, 0.2) is 35.6 Å². The van der Waals surface area contributed by atoms with Crippen LogP contribution in [-0.4, -0.2) is 77.4 Å². The Morgan fingerprint density at radius 1 is 1.21 bits per heavy atom. The Hall–Kier alpha value is -2.04. The fourth-order valence-electron chi connectivity index (χ4n) is 2.47. The molecule has 1 N–H and O–H groups in total. The summed E-state index contributed by atoms with van der Waals surface area (Å²) in [6.07, 6.45) is 4.81. The third-order valence-corrected chi connectivity index (χ3v) is 5.84. The monoisotopic (exact) mass is 351 g/mol. The van der Waals surface area contributed by atoms with Gasteiger partial charge in [0.15, 0.2) is 0 Å². The van der Waals surface area contributed by atoms with Gasteiger partial charge in [-0.05, 0) is 19.2 Å². The molecule has 3 heterocycles. The van der Waals surface area contributed by atoms with E-state index in [1.807, 2.05) is 7.05 Å². The average Bonchev–Trinajstić information content (AvgIpc) is 3.09. The Labute approximate surface area is 141 Å². The molecule has 0 aromatic carbocycles. The molecule has 1 aliphatic heterocycles. The van der Waals surface area contributed by atoms with E-state index in [0.717, 1.165) is 13.1 Å². The molecule has 0 radical (unpaired) electrons. The molecule has 0 atom stereocenters. The van der Waals surface area contributed by atoms with E-state index in [0.29, 0.717) is 32.0 Å². The van der Waals surface area contributed by atoms with E-state index in [1.165, 1.54) is 10.5 Å². The first-order chi connectivity index (χ1) is 11.6. The molecule has 9 nitrogen and oxygen atoms in total. The molecule has 3 rings (SSSR count). The topological polar surface area (TPSA) is 96.2 Å². The first-order valence-corrected chi connectivity index (χ1v) is 9.22. The van der Waals surface area contributed by atoms with Gasteiger partial charge in [-0.1, -0.05) is 5.21 Å². The zero-order chi connectivity index (χ0) is 17.0.